The number of hydrogen-bond donors (Lipinski definition) is 2. The summed E-state index contributed by atoms with van der Waals surface area (Å²) in [5.74, 6) is 1.45. The van der Waals surface area contributed by atoms with Crippen LogP contribution in [0.2, 0.25) is 5.28 Å². The summed E-state index contributed by atoms with van der Waals surface area (Å²) in [5.41, 5.74) is 6.76. The molecule has 0 saturated carbocycles. The fourth-order valence-electron chi connectivity index (χ4n) is 3.20. The highest BCUT2D eigenvalue weighted by molar-refractivity contribution is 7.20. The van der Waals surface area contributed by atoms with Crippen molar-refractivity contribution in [2.75, 3.05) is 12.4 Å². The second-order valence-corrected chi connectivity index (χ2v) is 8.45. The van der Waals surface area contributed by atoms with E-state index in [0.29, 0.717) is 11.2 Å². The SMILES string of the molecule is CC.CC.CN.Cc1c(C2CC=CCC2)sc2c(NCc3cccs3)nc(Cl)nc12. The van der Waals surface area contributed by atoms with Crippen LogP contribution in [0, 0.1) is 6.92 Å². The van der Waals surface area contributed by atoms with Gasteiger partial charge in [0.1, 0.15) is 5.82 Å². The summed E-state index contributed by atoms with van der Waals surface area (Å²) in [6, 6.07) is 4.19. The predicted molar refractivity (Wildman–Crippen MR) is 137 cm³/mol. The molecule has 1 aliphatic carbocycles. The minimum absolute atomic E-state index is 0.312. The van der Waals surface area contributed by atoms with Gasteiger partial charge in [-0.1, -0.05) is 45.9 Å². The lowest BCUT2D eigenvalue weighted by Crippen LogP contribution is -2.01. The maximum Gasteiger partial charge on any atom is 0.224 e. The lowest BCUT2D eigenvalue weighted by molar-refractivity contribution is 0.624. The minimum Gasteiger partial charge on any atom is -0.364 e. The molecule has 1 unspecified atom stereocenters. The van der Waals surface area contributed by atoms with Gasteiger partial charge in [0.25, 0.3) is 0 Å². The molecule has 7 heteroatoms. The molecule has 0 bridgehead atoms. The van der Waals surface area contributed by atoms with Gasteiger partial charge < -0.3 is 11.1 Å². The zero-order chi connectivity index (χ0) is 22.5. The predicted octanol–water partition coefficient (Wildman–Crippen LogP) is 7.78. The summed E-state index contributed by atoms with van der Waals surface area (Å²) < 4.78 is 1.12. The third kappa shape index (κ3) is 6.77. The van der Waals surface area contributed by atoms with E-state index in [0.717, 1.165) is 35.4 Å². The highest BCUT2D eigenvalue weighted by Gasteiger charge is 2.22. The van der Waals surface area contributed by atoms with E-state index in [9.17, 15) is 0 Å². The number of aromatic nitrogens is 2. The molecule has 0 radical (unpaired) electrons. The summed E-state index contributed by atoms with van der Waals surface area (Å²) in [6.45, 7) is 10.9. The summed E-state index contributed by atoms with van der Waals surface area (Å²) in [4.78, 5) is 11.7. The van der Waals surface area contributed by atoms with E-state index in [-0.39, 0.29) is 0 Å². The van der Waals surface area contributed by atoms with Crippen LogP contribution in [0.5, 0.6) is 0 Å². The average Bonchev–Trinajstić information content (AvgIpc) is 3.45. The Morgan fingerprint density at radius 2 is 1.90 bits per heavy atom. The molecule has 4 nitrogen and oxygen atoms in total. The van der Waals surface area contributed by atoms with Crippen LogP contribution >= 0.6 is 34.3 Å². The number of thiophene rings is 2. The molecule has 0 aliphatic heterocycles. The average molecular weight is 467 g/mol. The number of anilines is 1. The van der Waals surface area contributed by atoms with Crippen molar-refractivity contribution >= 4 is 50.3 Å². The van der Waals surface area contributed by atoms with Crippen LogP contribution in [0.25, 0.3) is 10.2 Å². The molecular weight excluding hydrogens is 432 g/mol. The molecular formula is C23H35ClN4S2. The summed E-state index contributed by atoms with van der Waals surface area (Å²) in [7, 11) is 1.50. The van der Waals surface area contributed by atoms with Crippen molar-refractivity contribution in [3.8, 4) is 0 Å². The molecule has 1 atom stereocenters. The van der Waals surface area contributed by atoms with Crippen LogP contribution in [-0.2, 0) is 6.54 Å². The maximum absolute atomic E-state index is 6.19. The van der Waals surface area contributed by atoms with Crippen molar-refractivity contribution < 1.29 is 0 Å². The molecule has 0 amide bonds. The molecule has 166 valence electrons. The van der Waals surface area contributed by atoms with Crippen LogP contribution in [0.3, 0.4) is 0 Å². The van der Waals surface area contributed by atoms with Gasteiger partial charge in [-0.25, -0.2) is 4.98 Å². The van der Waals surface area contributed by atoms with Crippen molar-refractivity contribution in [2.24, 2.45) is 5.73 Å². The van der Waals surface area contributed by atoms with Crippen LogP contribution in [0.1, 0.15) is 68.2 Å². The van der Waals surface area contributed by atoms with E-state index in [1.165, 1.54) is 28.8 Å². The number of fused-ring (bicyclic) bond motifs is 1. The van der Waals surface area contributed by atoms with Crippen molar-refractivity contribution in [3.05, 3.63) is 50.3 Å². The summed E-state index contributed by atoms with van der Waals surface area (Å²) in [6.07, 6.45) is 8.07. The number of nitrogens with one attached hydrogen (secondary N) is 1. The highest BCUT2D eigenvalue weighted by Crippen LogP contribution is 2.42. The number of rotatable bonds is 4. The molecule has 1 aliphatic rings. The topological polar surface area (TPSA) is 63.8 Å². The fraction of sp³-hybridized carbons (Fsp3) is 0.478. The molecule has 3 aromatic heterocycles. The molecule has 0 saturated heterocycles. The molecule has 4 rings (SSSR count). The first-order chi connectivity index (χ1) is 14.7. The Hall–Kier alpha value is -1.47. The van der Waals surface area contributed by atoms with Crippen molar-refractivity contribution in [1.29, 1.82) is 0 Å². The van der Waals surface area contributed by atoms with E-state index in [2.05, 4.69) is 57.6 Å². The zero-order valence-electron chi connectivity index (χ0n) is 19.0. The number of aryl methyl sites for hydroxylation is 1. The summed E-state index contributed by atoms with van der Waals surface area (Å²) in [5, 5.41) is 5.84. The van der Waals surface area contributed by atoms with Gasteiger partial charge in [0, 0.05) is 9.75 Å². The number of hydrogen-bond acceptors (Lipinski definition) is 6. The van der Waals surface area contributed by atoms with Crippen LogP contribution in [-0.4, -0.2) is 17.0 Å². The normalized spacial score (nSPS) is 14.6. The Morgan fingerprint density at radius 3 is 2.50 bits per heavy atom. The maximum atomic E-state index is 6.19. The lowest BCUT2D eigenvalue weighted by atomic mass is 9.91. The number of nitrogens with two attached hydrogens (primary N) is 1. The van der Waals surface area contributed by atoms with Gasteiger partial charge in [-0.2, -0.15) is 4.98 Å². The number of halogens is 1. The molecule has 30 heavy (non-hydrogen) atoms. The van der Waals surface area contributed by atoms with Gasteiger partial charge in [-0.15, -0.1) is 22.7 Å². The number of nitrogens with zero attached hydrogens (tertiary/aromatic N) is 2. The second-order valence-electron chi connectivity index (χ2n) is 6.02. The minimum atomic E-state index is 0.312. The van der Waals surface area contributed by atoms with E-state index in [1.54, 1.807) is 11.3 Å². The van der Waals surface area contributed by atoms with E-state index >= 15 is 0 Å². The van der Waals surface area contributed by atoms with E-state index in [1.807, 2.05) is 39.0 Å². The van der Waals surface area contributed by atoms with E-state index < -0.39 is 0 Å². The van der Waals surface area contributed by atoms with Crippen LogP contribution < -0.4 is 11.1 Å². The molecule has 0 aromatic carbocycles. The first-order valence-electron chi connectivity index (χ1n) is 10.7. The van der Waals surface area contributed by atoms with Crippen LogP contribution in [0.4, 0.5) is 5.82 Å². The van der Waals surface area contributed by atoms with Gasteiger partial charge in [0.15, 0.2) is 0 Å². The fourth-order valence-corrected chi connectivity index (χ4v) is 5.38. The van der Waals surface area contributed by atoms with E-state index in [4.69, 9.17) is 11.6 Å². The summed E-state index contributed by atoms with van der Waals surface area (Å²) >= 11 is 9.75. The smallest absolute Gasteiger partial charge is 0.224 e. The van der Waals surface area contributed by atoms with Crippen molar-refractivity contribution in [1.82, 2.24) is 9.97 Å². The zero-order valence-corrected chi connectivity index (χ0v) is 21.3. The third-order valence-corrected chi connectivity index (χ3v) is 6.92. The van der Waals surface area contributed by atoms with Gasteiger partial charge in [0.2, 0.25) is 5.28 Å². The highest BCUT2D eigenvalue weighted by atomic mass is 35.5. The Kier molecular flexibility index (Phi) is 12.9. The van der Waals surface area contributed by atoms with Crippen LogP contribution in [0.15, 0.2) is 29.7 Å². The van der Waals surface area contributed by atoms with Gasteiger partial charge in [-0.3, -0.25) is 0 Å². The largest absolute Gasteiger partial charge is 0.364 e. The standard InChI is InChI=1S/C18H18ClN3S2.2C2H6.CH5N/c1-11-14-16(24-15(11)12-6-3-2-4-7-12)17(22-18(19)21-14)20-10-13-8-5-9-23-13;3*1-2/h2-3,5,8-9,12H,4,6-7,10H2,1H3,(H,20,21,22);2*1-2H3;2H2,1H3. The molecule has 0 fully saturated rings. The Morgan fingerprint density at radius 1 is 1.17 bits per heavy atom. The van der Waals surface area contributed by atoms with Gasteiger partial charge in [0.05, 0.1) is 16.8 Å². The van der Waals surface area contributed by atoms with Crippen molar-refractivity contribution in [3.63, 3.8) is 0 Å². The molecule has 0 spiro atoms. The molecule has 3 heterocycles. The quantitative estimate of drug-likeness (QED) is 0.304. The lowest BCUT2D eigenvalue weighted by Gasteiger charge is -2.16. The van der Waals surface area contributed by atoms with Gasteiger partial charge >= 0.3 is 0 Å². The monoisotopic (exact) mass is 466 g/mol. The Bertz CT molecular complexity index is 888. The number of allylic oxidation sites excluding steroid dienone is 2. The molecule has 3 N–H and O–H groups in total. The van der Waals surface area contributed by atoms with Crippen molar-refractivity contribution in [2.45, 2.75) is 66.3 Å². The second kappa shape index (κ2) is 14.5. The van der Waals surface area contributed by atoms with Gasteiger partial charge in [-0.05, 0) is 67.8 Å². The Balaban J connectivity index is 0.000000691. The first kappa shape index (κ1) is 26.6. The molecule has 3 aromatic rings. The Labute approximate surface area is 194 Å². The first-order valence-corrected chi connectivity index (χ1v) is 12.8. The third-order valence-electron chi connectivity index (χ3n) is 4.43.